The number of aromatic nitrogens is 3. The first-order valence-electron chi connectivity index (χ1n) is 5.29. The van der Waals surface area contributed by atoms with Crippen LogP contribution in [0.2, 0.25) is 5.02 Å². The lowest BCUT2D eigenvalue weighted by Crippen LogP contribution is -2.13. The Balaban J connectivity index is 2.10. The van der Waals surface area contributed by atoms with Crippen molar-refractivity contribution in [1.82, 2.24) is 14.9 Å². The normalized spacial score (nSPS) is 10.2. The van der Waals surface area contributed by atoms with Gasteiger partial charge < -0.3 is 10.2 Å². The summed E-state index contributed by atoms with van der Waals surface area (Å²) in [4.78, 5) is 0. The molecule has 2 aromatic rings. The summed E-state index contributed by atoms with van der Waals surface area (Å²) in [5.41, 5.74) is 4.11. The molecule has 6 heteroatoms. The predicted molar refractivity (Wildman–Crippen MR) is 65.7 cm³/mol. The van der Waals surface area contributed by atoms with Crippen molar-refractivity contribution < 1.29 is 4.74 Å². The van der Waals surface area contributed by atoms with Crippen molar-refractivity contribution in [2.24, 2.45) is 0 Å². The molecule has 90 valence electrons. The van der Waals surface area contributed by atoms with Gasteiger partial charge in [-0.1, -0.05) is 11.6 Å². The van der Waals surface area contributed by atoms with Gasteiger partial charge in [-0.25, -0.2) is 4.68 Å². The lowest BCUT2D eigenvalue weighted by Gasteiger charge is -2.12. The molecule has 0 fully saturated rings. The number of ether oxygens (including phenoxy) is 1. The van der Waals surface area contributed by atoms with Crippen LogP contribution in [-0.4, -0.2) is 21.5 Å². The molecule has 0 aliphatic carbocycles. The first kappa shape index (κ1) is 11.7. The third-order valence-corrected chi connectivity index (χ3v) is 2.43. The average molecular weight is 253 g/mol. The van der Waals surface area contributed by atoms with Crippen LogP contribution in [0.25, 0.3) is 0 Å². The van der Waals surface area contributed by atoms with E-state index in [1.165, 1.54) is 0 Å². The topological polar surface area (TPSA) is 52.0 Å². The molecule has 0 amide bonds. The van der Waals surface area contributed by atoms with Crippen LogP contribution in [0.3, 0.4) is 0 Å². The van der Waals surface area contributed by atoms with E-state index in [1.54, 1.807) is 17.3 Å². The molecule has 5 nitrogen and oxygen atoms in total. The summed E-state index contributed by atoms with van der Waals surface area (Å²) in [5, 5.41) is 8.10. The second kappa shape index (κ2) is 5.54. The molecule has 1 heterocycles. The third kappa shape index (κ3) is 3.10. The second-order valence-corrected chi connectivity index (χ2v) is 3.83. The summed E-state index contributed by atoms with van der Waals surface area (Å²) < 4.78 is 7.20. The molecule has 0 spiro atoms. The Morgan fingerprint density at radius 1 is 1.35 bits per heavy atom. The minimum atomic E-state index is 0.591. The van der Waals surface area contributed by atoms with E-state index >= 15 is 0 Å². The molecule has 0 radical (unpaired) electrons. The number of hydrogen-bond acceptors (Lipinski definition) is 4. The van der Waals surface area contributed by atoms with E-state index in [-0.39, 0.29) is 0 Å². The first-order chi connectivity index (χ1) is 8.29. The van der Waals surface area contributed by atoms with Crippen LogP contribution in [0.5, 0.6) is 5.75 Å². The molecule has 1 aromatic carbocycles. The van der Waals surface area contributed by atoms with Crippen molar-refractivity contribution in [3.8, 4) is 5.75 Å². The lowest BCUT2D eigenvalue weighted by atomic mass is 10.2. The molecule has 0 saturated carbocycles. The Morgan fingerprint density at radius 3 is 2.82 bits per heavy atom. The molecule has 0 bridgehead atoms. The Hall–Kier alpha value is -1.75. The Labute approximate surface area is 104 Å². The Morgan fingerprint density at radius 2 is 2.12 bits per heavy atom. The summed E-state index contributed by atoms with van der Waals surface area (Å²) in [6.07, 6.45) is 3.18. The van der Waals surface area contributed by atoms with Crippen molar-refractivity contribution >= 4 is 11.6 Å². The third-order valence-electron chi connectivity index (χ3n) is 2.19. The number of nitrogens with one attached hydrogen (secondary N) is 1. The summed E-state index contributed by atoms with van der Waals surface area (Å²) >= 11 is 5.96. The monoisotopic (exact) mass is 252 g/mol. The van der Waals surface area contributed by atoms with E-state index in [0.717, 1.165) is 11.3 Å². The smallest absolute Gasteiger partial charge is 0.138 e. The molecule has 0 saturated heterocycles. The van der Waals surface area contributed by atoms with Gasteiger partial charge in [0.1, 0.15) is 18.4 Å². The molecule has 2 rings (SSSR count). The minimum Gasteiger partial charge on any atom is -0.494 e. The predicted octanol–water partition coefficient (Wildman–Crippen LogP) is 2.07. The zero-order valence-electron chi connectivity index (χ0n) is 9.43. The summed E-state index contributed by atoms with van der Waals surface area (Å²) in [6.45, 7) is 3.17. The van der Waals surface area contributed by atoms with Crippen molar-refractivity contribution in [3.05, 3.63) is 41.4 Å². The van der Waals surface area contributed by atoms with Crippen molar-refractivity contribution in [2.45, 2.75) is 13.5 Å². The van der Waals surface area contributed by atoms with Gasteiger partial charge in [0, 0.05) is 10.6 Å². The fourth-order valence-corrected chi connectivity index (χ4v) is 1.64. The van der Waals surface area contributed by atoms with Gasteiger partial charge in [0.2, 0.25) is 0 Å². The van der Waals surface area contributed by atoms with Gasteiger partial charge >= 0.3 is 0 Å². The second-order valence-electron chi connectivity index (χ2n) is 3.39. The van der Waals surface area contributed by atoms with Gasteiger partial charge in [0.25, 0.3) is 0 Å². The highest BCUT2D eigenvalue weighted by Crippen LogP contribution is 2.22. The van der Waals surface area contributed by atoms with Crippen molar-refractivity contribution in [3.63, 3.8) is 0 Å². The van der Waals surface area contributed by atoms with Crippen LogP contribution in [0.4, 0.5) is 0 Å². The van der Waals surface area contributed by atoms with E-state index in [4.69, 9.17) is 16.3 Å². The van der Waals surface area contributed by atoms with Gasteiger partial charge in [-0.15, -0.1) is 10.2 Å². The first-order valence-corrected chi connectivity index (χ1v) is 5.67. The van der Waals surface area contributed by atoms with Crippen LogP contribution >= 0.6 is 11.6 Å². The Bertz CT molecular complexity index is 472. The van der Waals surface area contributed by atoms with Gasteiger partial charge in [0.05, 0.1) is 13.2 Å². The van der Waals surface area contributed by atoms with E-state index in [1.807, 2.05) is 25.1 Å². The molecular weight excluding hydrogens is 240 g/mol. The number of nitrogens with zero attached hydrogens (tertiary/aromatic N) is 3. The number of hydrogen-bond donors (Lipinski definition) is 1. The fraction of sp³-hybridized carbons (Fsp3) is 0.273. The molecule has 0 unspecified atom stereocenters. The maximum atomic E-state index is 5.96. The number of halogens is 1. The van der Waals surface area contributed by atoms with Crippen LogP contribution < -0.4 is 10.2 Å². The van der Waals surface area contributed by atoms with Gasteiger partial charge in [0.15, 0.2) is 0 Å². The van der Waals surface area contributed by atoms with Crippen LogP contribution in [-0.2, 0) is 6.54 Å². The fourth-order valence-electron chi connectivity index (χ4n) is 1.44. The zero-order chi connectivity index (χ0) is 12.1. The van der Waals surface area contributed by atoms with E-state index in [0.29, 0.717) is 18.2 Å². The molecule has 1 aromatic heterocycles. The van der Waals surface area contributed by atoms with Crippen LogP contribution in [0.15, 0.2) is 30.9 Å². The number of rotatable bonds is 5. The lowest BCUT2D eigenvalue weighted by molar-refractivity contribution is 0.336. The molecule has 17 heavy (non-hydrogen) atoms. The SMILES string of the molecule is CCOc1ccc(Cl)cc1CNn1cnnc1. The quantitative estimate of drug-likeness (QED) is 0.885. The van der Waals surface area contributed by atoms with Crippen molar-refractivity contribution in [1.29, 1.82) is 0 Å². The molecular formula is C11H13ClN4O. The average Bonchev–Trinajstić information content (AvgIpc) is 2.82. The highest BCUT2D eigenvalue weighted by molar-refractivity contribution is 6.30. The van der Waals surface area contributed by atoms with E-state index in [9.17, 15) is 0 Å². The highest BCUT2D eigenvalue weighted by Gasteiger charge is 2.04. The molecule has 1 N–H and O–H groups in total. The standard InChI is InChI=1S/C11H13ClN4O/c1-2-17-11-4-3-10(12)5-9(11)6-15-16-7-13-14-8-16/h3-5,7-8,15H,2,6H2,1H3. The summed E-state index contributed by atoms with van der Waals surface area (Å²) in [5.74, 6) is 0.831. The molecule has 0 aliphatic heterocycles. The van der Waals surface area contributed by atoms with Gasteiger partial charge in [-0.05, 0) is 25.1 Å². The van der Waals surface area contributed by atoms with Gasteiger partial charge in [-0.2, -0.15) is 0 Å². The van der Waals surface area contributed by atoms with E-state index in [2.05, 4.69) is 15.6 Å². The summed E-state index contributed by atoms with van der Waals surface area (Å²) in [6, 6.07) is 5.56. The van der Waals surface area contributed by atoms with Crippen LogP contribution in [0, 0.1) is 0 Å². The summed E-state index contributed by atoms with van der Waals surface area (Å²) in [7, 11) is 0. The maximum Gasteiger partial charge on any atom is 0.138 e. The van der Waals surface area contributed by atoms with Crippen molar-refractivity contribution in [2.75, 3.05) is 12.0 Å². The minimum absolute atomic E-state index is 0.591. The van der Waals surface area contributed by atoms with Crippen LogP contribution in [0.1, 0.15) is 12.5 Å². The number of benzene rings is 1. The molecule has 0 aliphatic rings. The maximum absolute atomic E-state index is 5.96. The highest BCUT2D eigenvalue weighted by atomic mass is 35.5. The zero-order valence-corrected chi connectivity index (χ0v) is 10.2. The molecule has 0 atom stereocenters. The Kier molecular flexibility index (Phi) is 3.82. The largest absolute Gasteiger partial charge is 0.494 e. The van der Waals surface area contributed by atoms with Gasteiger partial charge in [-0.3, -0.25) is 0 Å². The van der Waals surface area contributed by atoms with E-state index < -0.39 is 0 Å².